The van der Waals surface area contributed by atoms with E-state index in [1.807, 2.05) is 32.0 Å². The second-order valence-electron chi connectivity index (χ2n) is 8.21. The molecule has 0 spiro atoms. The van der Waals surface area contributed by atoms with Crippen LogP contribution in [0.1, 0.15) is 45.0 Å². The van der Waals surface area contributed by atoms with E-state index in [-0.39, 0.29) is 5.92 Å². The van der Waals surface area contributed by atoms with Gasteiger partial charge in [0.1, 0.15) is 12.1 Å². The van der Waals surface area contributed by atoms with Gasteiger partial charge >= 0.3 is 6.09 Å². The van der Waals surface area contributed by atoms with Gasteiger partial charge in [0, 0.05) is 42.0 Å². The first-order chi connectivity index (χ1) is 15.9. The molecule has 0 radical (unpaired) electrons. The Bertz CT molecular complexity index is 1250. The highest BCUT2D eigenvalue weighted by Crippen LogP contribution is 2.25. The SMILES string of the molecule is CC(C)NCc1cc(Oc2ccc3c(ccn3OC(=O)Nc3cc(C(C)C)[nH]n3)c2)ncn1. The molecule has 3 heterocycles. The molecule has 0 fully saturated rings. The van der Waals surface area contributed by atoms with Crippen molar-refractivity contribution in [1.29, 1.82) is 0 Å². The van der Waals surface area contributed by atoms with E-state index in [2.05, 4.69) is 44.6 Å². The standard InChI is InChI=1S/C23H27N7O3/c1-14(2)19-11-21(29-28-19)27-23(31)33-30-8-7-16-9-18(5-6-20(16)30)32-22-10-17(25-13-26-22)12-24-15(3)4/h5-11,13-15,24H,12H2,1-4H3,(H2,27,28,29,31). The molecule has 4 rings (SSSR count). The number of hydrogen-bond donors (Lipinski definition) is 3. The van der Waals surface area contributed by atoms with Crippen molar-refractivity contribution in [2.24, 2.45) is 0 Å². The highest BCUT2D eigenvalue weighted by molar-refractivity contribution is 5.86. The van der Waals surface area contributed by atoms with E-state index in [0.717, 1.165) is 16.8 Å². The highest BCUT2D eigenvalue weighted by Gasteiger charge is 2.12. The van der Waals surface area contributed by atoms with Crippen molar-refractivity contribution in [2.75, 3.05) is 5.32 Å². The normalized spacial score (nSPS) is 11.3. The summed E-state index contributed by atoms with van der Waals surface area (Å²) in [7, 11) is 0. The fourth-order valence-corrected chi connectivity index (χ4v) is 3.11. The molecule has 0 aliphatic rings. The third kappa shape index (κ3) is 5.66. The van der Waals surface area contributed by atoms with Gasteiger partial charge in [-0.15, -0.1) is 0 Å². The number of fused-ring (bicyclic) bond motifs is 1. The number of hydrogen-bond acceptors (Lipinski definition) is 7. The van der Waals surface area contributed by atoms with Crippen LogP contribution in [0.25, 0.3) is 10.9 Å². The maximum atomic E-state index is 12.3. The average Bonchev–Trinajstić information content (AvgIpc) is 3.40. The Hall–Kier alpha value is -3.92. The smallest absolute Gasteiger partial charge is 0.437 e. The van der Waals surface area contributed by atoms with Crippen LogP contribution in [0.5, 0.6) is 11.6 Å². The van der Waals surface area contributed by atoms with Crippen LogP contribution < -0.4 is 20.2 Å². The molecule has 0 atom stereocenters. The largest absolute Gasteiger partial charge is 0.439 e. The van der Waals surface area contributed by atoms with Gasteiger partial charge in [-0.05, 0) is 30.2 Å². The van der Waals surface area contributed by atoms with E-state index in [9.17, 15) is 4.79 Å². The third-order valence-corrected chi connectivity index (χ3v) is 4.87. The Morgan fingerprint density at radius 2 is 1.97 bits per heavy atom. The highest BCUT2D eigenvalue weighted by atomic mass is 16.7. The lowest BCUT2D eigenvalue weighted by Gasteiger charge is -2.09. The minimum atomic E-state index is -0.641. The number of nitrogens with one attached hydrogen (secondary N) is 3. The lowest BCUT2D eigenvalue weighted by molar-refractivity contribution is 0.153. The average molecular weight is 450 g/mol. The number of rotatable bonds is 8. The third-order valence-electron chi connectivity index (χ3n) is 4.87. The summed E-state index contributed by atoms with van der Waals surface area (Å²) in [4.78, 5) is 26.1. The molecule has 0 unspecified atom stereocenters. The topological polar surface area (TPSA) is 119 Å². The van der Waals surface area contributed by atoms with Crippen LogP contribution in [-0.2, 0) is 6.54 Å². The zero-order chi connectivity index (χ0) is 23.4. The number of amides is 1. The Balaban J connectivity index is 1.42. The summed E-state index contributed by atoms with van der Waals surface area (Å²) < 4.78 is 7.30. The number of benzene rings is 1. The molecule has 0 saturated heterocycles. The lowest BCUT2D eigenvalue weighted by Crippen LogP contribution is -2.24. The fourth-order valence-electron chi connectivity index (χ4n) is 3.11. The molecule has 4 aromatic rings. The van der Waals surface area contributed by atoms with E-state index in [1.165, 1.54) is 11.1 Å². The summed E-state index contributed by atoms with van der Waals surface area (Å²) in [6.07, 6.45) is 2.51. The molecular formula is C23H27N7O3. The van der Waals surface area contributed by atoms with E-state index >= 15 is 0 Å². The number of aromatic nitrogens is 5. The molecule has 3 aromatic heterocycles. The first kappa shape index (κ1) is 22.3. The molecule has 10 heteroatoms. The predicted octanol–water partition coefficient (Wildman–Crippen LogP) is 4.23. The zero-order valence-electron chi connectivity index (χ0n) is 19.0. The molecule has 0 saturated carbocycles. The molecule has 33 heavy (non-hydrogen) atoms. The van der Waals surface area contributed by atoms with Gasteiger partial charge in [0.2, 0.25) is 5.88 Å². The Kier molecular flexibility index (Phi) is 6.55. The van der Waals surface area contributed by atoms with Gasteiger partial charge in [-0.3, -0.25) is 10.4 Å². The molecule has 1 amide bonds. The summed E-state index contributed by atoms with van der Waals surface area (Å²) in [6, 6.07) is 11.2. The van der Waals surface area contributed by atoms with Gasteiger partial charge < -0.3 is 14.9 Å². The summed E-state index contributed by atoms with van der Waals surface area (Å²) in [5.41, 5.74) is 2.49. The van der Waals surface area contributed by atoms with Crippen LogP contribution in [0.3, 0.4) is 0 Å². The molecular weight excluding hydrogens is 422 g/mol. The number of H-pyrrole nitrogens is 1. The first-order valence-corrected chi connectivity index (χ1v) is 10.8. The van der Waals surface area contributed by atoms with Crippen molar-refractivity contribution in [3.63, 3.8) is 0 Å². The second kappa shape index (κ2) is 9.70. The first-order valence-electron chi connectivity index (χ1n) is 10.8. The van der Waals surface area contributed by atoms with Crippen molar-refractivity contribution in [1.82, 2.24) is 30.2 Å². The van der Waals surface area contributed by atoms with Gasteiger partial charge in [-0.1, -0.05) is 27.7 Å². The van der Waals surface area contributed by atoms with Gasteiger partial charge in [0.25, 0.3) is 0 Å². The van der Waals surface area contributed by atoms with Crippen molar-refractivity contribution >= 4 is 22.8 Å². The minimum absolute atomic E-state index is 0.277. The Morgan fingerprint density at radius 3 is 2.73 bits per heavy atom. The van der Waals surface area contributed by atoms with Crippen LogP contribution in [0.2, 0.25) is 0 Å². The number of ether oxygens (including phenoxy) is 1. The molecule has 3 N–H and O–H groups in total. The molecule has 1 aromatic carbocycles. The maximum absolute atomic E-state index is 12.3. The predicted molar refractivity (Wildman–Crippen MR) is 124 cm³/mol. The van der Waals surface area contributed by atoms with E-state index in [4.69, 9.17) is 9.57 Å². The number of carbonyl (C=O) groups is 1. The van der Waals surface area contributed by atoms with Gasteiger partial charge in [0.15, 0.2) is 5.82 Å². The summed E-state index contributed by atoms with van der Waals surface area (Å²) in [5, 5.41) is 13.7. The quantitative estimate of drug-likeness (QED) is 0.368. The van der Waals surface area contributed by atoms with E-state index in [1.54, 1.807) is 24.4 Å². The lowest BCUT2D eigenvalue weighted by atomic mass is 10.1. The van der Waals surface area contributed by atoms with Crippen molar-refractivity contribution in [2.45, 2.75) is 46.2 Å². The number of aromatic amines is 1. The van der Waals surface area contributed by atoms with E-state index < -0.39 is 6.09 Å². The van der Waals surface area contributed by atoms with Crippen LogP contribution in [0.15, 0.2) is 48.9 Å². The molecule has 10 nitrogen and oxygen atoms in total. The van der Waals surface area contributed by atoms with Crippen molar-refractivity contribution in [3.8, 4) is 11.6 Å². The number of nitrogens with zero attached hydrogens (tertiary/aromatic N) is 4. The summed E-state index contributed by atoms with van der Waals surface area (Å²) in [6.45, 7) is 8.86. The van der Waals surface area contributed by atoms with Crippen LogP contribution in [0.4, 0.5) is 10.6 Å². The maximum Gasteiger partial charge on any atom is 0.437 e. The number of anilines is 1. The number of carbonyl (C=O) groups excluding carboxylic acids is 1. The van der Waals surface area contributed by atoms with E-state index in [0.29, 0.717) is 35.6 Å². The van der Waals surface area contributed by atoms with Gasteiger partial charge in [-0.25, -0.2) is 14.8 Å². The van der Waals surface area contributed by atoms with Crippen molar-refractivity contribution < 1.29 is 14.4 Å². The second-order valence-corrected chi connectivity index (χ2v) is 8.21. The Labute approximate surface area is 191 Å². The minimum Gasteiger partial charge on any atom is -0.439 e. The summed E-state index contributed by atoms with van der Waals surface area (Å²) >= 11 is 0. The van der Waals surface area contributed by atoms with Gasteiger partial charge in [0.05, 0.1) is 11.2 Å². The molecule has 0 bridgehead atoms. The van der Waals surface area contributed by atoms with Crippen LogP contribution in [-0.4, -0.2) is 37.0 Å². The van der Waals surface area contributed by atoms with Crippen LogP contribution >= 0.6 is 0 Å². The fraction of sp³-hybridized carbons (Fsp3) is 0.304. The van der Waals surface area contributed by atoms with Gasteiger partial charge in [-0.2, -0.15) is 9.83 Å². The monoisotopic (exact) mass is 449 g/mol. The molecule has 172 valence electrons. The summed E-state index contributed by atoms with van der Waals surface area (Å²) in [5.74, 6) is 1.76. The van der Waals surface area contributed by atoms with Crippen molar-refractivity contribution in [3.05, 3.63) is 60.3 Å². The molecule has 0 aliphatic carbocycles. The van der Waals surface area contributed by atoms with Crippen LogP contribution in [0, 0.1) is 0 Å². The Morgan fingerprint density at radius 1 is 1.12 bits per heavy atom. The zero-order valence-corrected chi connectivity index (χ0v) is 19.0. The molecule has 0 aliphatic heterocycles.